The van der Waals surface area contributed by atoms with Gasteiger partial charge in [0.25, 0.3) is 10.0 Å². The van der Waals surface area contributed by atoms with Crippen LogP contribution in [0.15, 0.2) is 21.6 Å². The van der Waals surface area contributed by atoms with Crippen molar-refractivity contribution in [2.75, 3.05) is 26.2 Å². The number of hydrogen-bond acceptors (Lipinski definition) is 5. The molecule has 0 amide bonds. The van der Waals surface area contributed by atoms with Crippen LogP contribution >= 0.6 is 0 Å². The third-order valence-electron chi connectivity index (χ3n) is 3.16. The summed E-state index contributed by atoms with van der Waals surface area (Å²) in [7, 11) is -3.55. The molecule has 1 aliphatic rings. The molecule has 1 fully saturated rings. The number of furan rings is 1. The number of hydrogen-bond donors (Lipinski definition) is 1. The molecule has 6 nitrogen and oxygen atoms in total. The van der Waals surface area contributed by atoms with Gasteiger partial charge in [0.15, 0.2) is 0 Å². The molecular weight excluding hydrogens is 280 g/mol. The molecule has 0 saturated carbocycles. The second-order valence-corrected chi connectivity index (χ2v) is 6.81. The zero-order valence-corrected chi connectivity index (χ0v) is 12.8. The Hall–Kier alpha value is -0.890. The fraction of sp³-hybridized carbons (Fsp3) is 0.692. The van der Waals surface area contributed by atoms with E-state index in [0.29, 0.717) is 32.0 Å². The highest BCUT2D eigenvalue weighted by molar-refractivity contribution is 7.89. The molecule has 1 unspecified atom stereocenters. The zero-order chi connectivity index (χ0) is 14.6. The molecule has 20 heavy (non-hydrogen) atoms. The van der Waals surface area contributed by atoms with Crippen LogP contribution in [0.3, 0.4) is 0 Å². The first-order valence-corrected chi connectivity index (χ1v) is 8.39. The van der Waals surface area contributed by atoms with Crippen molar-refractivity contribution < 1.29 is 17.6 Å². The number of morpholine rings is 1. The summed E-state index contributed by atoms with van der Waals surface area (Å²) in [5.41, 5.74) is 0. The van der Waals surface area contributed by atoms with Crippen LogP contribution in [0.2, 0.25) is 0 Å². The molecule has 1 atom stereocenters. The van der Waals surface area contributed by atoms with Gasteiger partial charge in [0.05, 0.1) is 19.3 Å². The summed E-state index contributed by atoms with van der Waals surface area (Å²) in [6.45, 7) is 6.52. The molecule has 7 heteroatoms. The molecule has 1 N–H and O–H groups in total. The van der Waals surface area contributed by atoms with E-state index in [1.54, 1.807) is 6.07 Å². The minimum Gasteiger partial charge on any atom is -0.447 e. The van der Waals surface area contributed by atoms with Crippen LogP contribution in [0.1, 0.15) is 26.0 Å². The molecule has 1 aromatic rings. The van der Waals surface area contributed by atoms with Crippen LogP contribution < -0.4 is 5.32 Å². The van der Waals surface area contributed by atoms with Crippen molar-refractivity contribution in [2.24, 2.45) is 0 Å². The maximum absolute atomic E-state index is 12.4. The van der Waals surface area contributed by atoms with Crippen LogP contribution in [0.25, 0.3) is 0 Å². The molecule has 0 bridgehead atoms. The third-order valence-corrected chi connectivity index (χ3v) is 4.90. The smallest absolute Gasteiger partial charge is 0.276 e. The van der Waals surface area contributed by atoms with Gasteiger partial charge in [0.2, 0.25) is 5.09 Å². The van der Waals surface area contributed by atoms with Gasteiger partial charge in [-0.05, 0) is 32.0 Å². The van der Waals surface area contributed by atoms with Gasteiger partial charge >= 0.3 is 0 Å². The molecule has 0 radical (unpaired) electrons. The summed E-state index contributed by atoms with van der Waals surface area (Å²) in [5.74, 6) is 0.637. The average Bonchev–Trinajstić information content (AvgIpc) is 2.88. The van der Waals surface area contributed by atoms with Gasteiger partial charge in [-0.15, -0.1) is 0 Å². The molecular formula is C13H22N2O4S. The van der Waals surface area contributed by atoms with Gasteiger partial charge in [-0.1, -0.05) is 6.92 Å². The Kier molecular flexibility index (Phi) is 5.20. The van der Waals surface area contributed by atoms with E-state index < -0.39 is 10.0 Å². The normalized spacial score (nSPS) is 21.2. The predicted molar refractivity (Wildman–Crippen MR) is 74.9 cm³/mol. The Bertz CT molecular complexity index is 526. The van der Waals surface area contributed by atoms with Crippen LogP contribution in [0, 0.1) is 0 Å². The van der Waals surface area contributed by atoms with Crippen molar-refractivity contribution in [1.82, 2.24) is 9.62 Å². The number of sulfonamides is 1. The first kappa shape index (κ1) is 15.5. The Morgan fingerprint density at radius 1 is 1.45 bits per heavy atom. The lowest BCUT2D eigenvalue weighted by atomic mass is 10.3. The van der Waals surface area contributed by atoms with Gasteiger partial charge < -0.3 is 14.5 Å². The largest absolute Gasteiger partial charge is 0.447 e. The van der Waals surface area contributed by atoms with E-state index in [9.17, 15) is 8.42 Å². The Balaban J connectivity index is 2.05. The van der Waals surface area contributed by atoms with Crippen molar-refractivity contribution in [3.05, 3.63) is 17.9 Å². The standard InChI is InChI=1S/C13H22N2O4S/c1-3-6-14-9-12-4-5-13(19-12)20(16,17)15-7-8-18-11(2)10-15/h4-5,11,14H,3,6-10H2,1-2H3. The second kappa shape index (κ2) is 6.71. The molecule has 114 valence electrons. The minimum atomic E-state index is -3.55. The molecule has 2 rings (SSSR count). The SMILES string of the molecule is CCCNCc1ccc(S(=O)(=O)N2CCOC(C)C2)o1. The first-order chi connectivity index (χ1) is 9.54. The highest BCUT2D eigenvalue weighted by Crippen LogP contribution is 2.21. The van der Waals surface area contributed by atoms with E-state index in [1.165, 1.54) is 10.4 Å². The van der Waals surface area contributed by atoms with E-state index >= 15 is 0 Å². The topological polar surface area (TPSA) is 71.8 Å². The van der Waals surface area contributed by atoms with Crippen molar-refractivity contribution in [1.29, 1.82) is 0 Å². The van der Waals surface area contributed by atoms with Crippen molar-refractivity contribution in [3.63, 3.8) is 0 Å². The van der Waals surface area contributed by atoms with Gasteiger partial charge in [0.1, 0.15) is 5.76 Å². The first-order valence-electron chi connectivity index (χ1n) is 6.95. The van der Waals surface area contributed by atoms with Crippen LogP contribution in [-0.4, -0.2) is 45.1 Å². The quantitative estimate of drug-likeness (QED) is 0.799. The number of nitrogens with zero attached hydrogens (tertiary/aromatic N) is 1. The van der Waals surface area contributed by atoms with E-state index in [4.69, 9.17) is 9.15 Å². The molecule has 0 aromatic carbocycles. The highest BCUT2D eigenvalue weighted by atomic mass is 32.2. The maximum Gasteiger partial charge on any atom is 0.276 e. The van der Waals surface area contributed by atoms with Gasteiger partial charge in [-0.25, -0.2) is 8.42 Å². The fourth-order valence-electron chi connectivity index (χ4n) is 2.11. The maximum atomic E-state index is 12.4. The number of ether oxygens (including phenoxy) is 1. The molecule has 0 spiro atoms. The van der Waals surface area contributed by atoms with Crippen LogP contribution in [-0.2, 0) is 21.3 Å². The lowest BCUT2D eigenvalue weighted by Crippen LogP contribution is -2.44. The summed E-state index contributed by atoms with van der Waals surface area (Å²) < 4.78 is 37.1. The summed E-state index contributed by atoms with van der Waals surface area (Å²) in [6, 6.07) is 3.23. The van der Waals surface area contributed by atoms with E-state index in [1.807, 2.05) is 6.92 Å². The third kappa shape index (κ3) is 3.60. The number of rotatable bonds is 6. The molecule has 2 heterocycles. The lowest BCUT2D eigenvalue weighted by Gasteiger charge is -2.29. The van der Waals surface area contributed by atoms with E-state index in [2.05, 4.69) is 12.2 Å². The fourth-order valence-corrected chi connectivity index (χ4v) is 3.54. The lowest BCUT2D eigenvalue weighted by molar-refractivity contribution is 0.00975. The van der Waals surface area contributed by atoms with Crippen LogP contribution in [0.4, 0.5) is 0 Å². The summed E-state index contributed by atoms with van der Waals surface area (Å²) in [4.78, 5) is 0. The molecule has 0 aliphatic carbocycles. The van der Waals surface area contributed by atoms with Gasteiger partial charge in [-0.2, -0.15) is 4.31 Å². The highest BCUT2D eigenvalue weighted by Gasteiger charge is 2.31. The second-order valence-electron chi connectivity index (χ2n) is 4.94. The predicted octanol–water partition coefficient (Wildman–Crippen LogP) is 1.19. The Morgan fingerprint density at radius 2 is 2.25 bits per heavy atom. The Labute approximate surface area is 120 Å². The molecule has 1 saturated heterocycles. The number of nitrogens with one attached hydrogen (secondary N) is 1. The summed E-state index contributed by atoms with van der Waals surface area (Å²) in [5, 5.41) is 3.19. The van der Waals surface area contributed by atoms with Crippen molar-refractivity contribution in [2.45, 2.75) is 38.0 Å². The van der Waals surface area contributed by atoms with E-state index in [-0.39, 0.29) is 11.2 Å². The summed E-state index contributed by atoms with van der Waals surface area (Å²) in [6.07, 6.45) is 0.941. The monoisotopic (exact) mass is 302 g/mol. The molecule has 1 aromatic heterocycles. The van der Waals surface area contributed by atoms with Crippen LogP contribution in [0.5, 0.6) is 0 Å². The zero-order valence-electron chi connectivity index (χ0n) is 12.0. The Morgan fingerprint density at radius 3 is 2.95 bits per heavy atom. The van der Waals surface area contributed by atoms with E-state index in [0.717, 1.165) is 13.0 Å². The van der Waals surface area contributed by atoms with Gasteiger partial charge in [0, 0.05) is 13.1 Å². The average molecular weight is 302 g/mol. The van der Waals surface area contributed by atoms with Gasteiger partial charge in [-0.3, -0.25) is 0 Å². The summed E-state index contributed by atoms with van der Waals surface area (Å²) >= 11 is 0. The molecule has 1 aliphatic heterocycles. The van der Waals surface area contributed by atoms with Crippen molar-refractivity contribution >= 4 is 10.0 Å². The van der Waals surface area contributed by atoms with Crippen molar-refractivity contribution in [3.8, 4) is 0 Å². The minimum absolute atomic E-state index is 0.0138.